The van der Waals surface area contributed by atoms with Crippen LogP contribution in [0.4, 0.5) is 0 Å². The van der Waals surface area contributed by atoms with Crippen molar-refractivity contribution in [2.24, 2.45) is 0 Å². The monoisotopic (exact) mass is 310 g/mol. The maximum atomic E-state index is 12.3. The van der Waals surface area contributed by atoms with E-state index in [-0.39, 0.29) is 17.6 Å². The Morgan fingerprint density at radius 2 is 2.22 bits per heavy atom. The molecule has 1 saturated carbocycles. The number of nitrogens with zero attached hydrogens (tertiary/aromatic N) is 5. The predicted molar refractivity (Wildman–Crippen MR) is 82.4 cm³/mol. The van der Waals surface area contributed by atoms with Crippen molar-refractivity contribution in [2.75, 3.05) is 0 Å². The highest BCUT2D eigenvalue weighted by Crippen LogP contribution is 2.31. The van der Waals surface area contributed by atoms with Gasteiger partial charge in [-0.1, -0.05) is 12.8 Å². The molecule has 3 rings (SSSR count). The molecule has 0 radical (unpaired) electrons. The molecule has 0 saturated heterocycles. The molecule has 0 unspecified atom stereocenters. The van der Waals surface area contributed by atoms with Crippen molar-refractivity contribution in [3.05, 3.63) is 41.7 Å². The van der Waals surface area contributed by atoms with Crippen molar-refractivity contribution in [1.82, 2.24) is 25.1 Å². The third-order valence-corrected chi connectivity index (χ3v) is 4.19. The first kappa shape index (κ1) is 15.2. The summed E-state index contributed by atoms with van der Waals surface area (Å²) >= 11 is 0. The van der Waals surface area contributed by atoms with E-state index in [9.17, 15) is 4.79 Å². The van der Waals surface area contributed by atoms with Crippen molar-refractivity contribution in [1.29, 1.82) is 5.26 Å². The normalized spacial score (nSPS) is 16.0. The smallest absolute Gasteiger partial charge is 0.253 e. The van der Waals surface area contributed by atoms with Crippen molar-refractivity contribution in [3.63, 3.8) is 0 Å². The van der Waals surface area contributed by atoms with Crippen molar-refractivity contribution >= 4 is 5.91 Å². The van der Waals surface area contributed by atoms with Crippen LogP contribution in [0.3, 0.4) is 0 Å². The summed E-state index contributed by atoms with van der Waals surface area (Å²) in [4.78, 5) is 16.2. The van der Waals surface area contributed by atoms with E-state index >= 15 is 0 Å². The van der Waals surface area contributed by atoms with Crippen LogP contribution in [0.2, 0.25) is 0 Å². The van der Waals surface area contributed by atoms with Crippen LogP contribution in [0.5, 0.6) is 0 Å². The summed E-state index contributed by atoms with van der Waals surface area (Å²) in [7, 11) is 0. The number of aromatic nitrogens is 4. The zero-order chi connectivity index (χ0) is 16.2. The van der Waals surface area contributed by atoms with E-state index < -0.39 is 0 Å². The molecule has 0 aromatic carbocycles. The molecule has 1 N–H and O–H groups in total. The lowest BCUT2D eigenvalue weighted by molar-refractivity contribution is 0.0937. The van der Waals surface area contributed by atoms with E-state index in [1.165, 1.54) is 25.1 Å². The Labute approximate surface area is 134 Å². The molecule has 2 aromatic heterocycles. The number of carbonyl (C=O) groups excluding carboxylic acids is 1. The molecule has 0 bridgehead atoms. The summed E-state index contributed by atoms with van der Waals surface area (Å²) in [6.07, 6.45) is 7.86. The summed E-state index contributed by atoms with van der Waals surface area (Å²) in [5.41, 5.74) is 0.707. The van der Waals surface area contributed by atoms with E-state index in [0.717, 1.165) is 18.7 Å². The Kier molecular flexibility index (Phi) is 4.33. The quantitative estimate of drug-likeness (QED) is 0.933. The number of hydrogen-bond donors (Lipinski definition) is 1. The molecule has 2 heterocycles. The molecular weight excluding hydrogens is 292 g/mol. The minimum absolute atomic E-state index is 0.240. The van der Waals surface area contributed by atoms with Crippen LogP contribution >= 0.6 is 0 Å². The van der Waals surface area contributed by atoms with Gasteiger partial charge in [0.15, 0.2) is 5.82 Å². The van der Waals surface area contributed by atoms with Crippen LogP contribution in [-0.4, -0.2) is 25.7 Å². The fourth-order valence-corrected chi connectivity index (χ4v) is 2.96. The van der Waals surface area contributed by atoms with Crippen molar-refractivity contribution in [3.8, 4) is 6.07 Å². The number of amides is 1. The van der Waals surface area contributed by atoms with Gasteiger partial charge in [-0.2, -0.15) is 5.26 Å². The Hall–Kier alpha value is -2.75. The minimum atomic E-state index is -0.249. The second kappa shape index (κ2) is 6.57. The minimum Gasteiger partial charge on any atom is -0.342 e. The Morgan fingerprint density at radius 1 is 1.43 bits per heavy atom. The first-order valence-electron chi connectivity index (χ1n) is 7.75. The van der Waals surface area contributed by atoms with Gasteiger partial charge in [0.05, 0.1) is 11.6 Å². The van der Waals surface area contributed by atoms with Gasteiger partial charge in [-0.3, -0.25) is 4.79 Å². The maximum Gasteiger partial charge on any atom is 0.253 e. The summed E-state index contributed by atoms with van der Waals surface area (Å²) in [5.74, 6) is 0.530. The lowest BCUT2D eigenvalue weighted by atomic mass is 10.2. The van der Waals surface area contributed by atoms with Gasteiger partial charge in [-0.05, 0) is 31.9 Å². The van der Waals surface area contributed by atoms with Crippen molar-refractivity contribution in [2.45, 2.75) is 44.7 Å². The number of nitrogens with one attached hydrogen (secondary N) is 1. The van der Waals surface area contributed by atoms with Gasteiger partial charge in [-0.25, -0.2) is 4.98 Å². The predicted octanol–water partition coefficient (Wildman–Crippen LogP) is 2.15. The number of pyridine rings is 1. The summed E-state index contributed by atoms with van der Waals surface area (Å²) < 4.78 is 2.08. The second-order valence-corrected chi connectivity index (χ2v) is 5.77. The largest absolute Gasteiger partial charge is 0.342 e. The van der Waals surface area contributed by atoms with Crippen LogP contribution in [-0.2, 0) is 0 Å². The first-order chi connectivity index (χ1) is 11.2. The zero-order valence-electron chi connectivity index (χ0n) is 12.9. The average molecular weight is 310 g/mol. The molecule has 1 atom stereocenters. The Bertz CT molecular complexity index is 724. The van der Waals surface area contributed by atoms with E-state index in [1.807, 2.05) is 13.0 Å². The fraction of sp³-hybridized carbons (Fsp3) is 0.438. The summed E-state index contributed by atoms with van der Waals surface area (Å²) in [6, 6.07) is 5.23. The second-order valence-electron chi connectivity index (χ2n) is 5.77. The maximum absolute atomic E-state index is 12.3. The highest BCUT2D eigenvalue weighted by Gasteiger charge is 2.23. The molecule has 0 aliphatic heterocycles. The third kappa shape index (κ3) is 3.21. The number of nitriles is 1. The molecule has 118 valence electrons. The van der Waals surface area contributed by atoms with Crippen molar-refractivity contribution < 1.29 is 4.79 Å². The van der Waals surface area contributed by atoms with Crippen LogP contribution in [0.15, 0.2) is 24.7 Å². The molecule has 1 aliphatic carbocycles. The standard InChI is InChI=1S/C16H18N6O/c1-11(15-21-19-10-22(15)14-4-2-3-5-14)20-16(23)12-6-7-13(8-17)18-9-12/h6-7,9-11,14H,2-5H2,1H3,(H,20,23)/t11-/m1/s1. The Balaban J connectivity index is 1.71. The van der Waals surface area contributed by atoms with Gasteiger partial charge in [0.1, 0.15) is 18.1 Å². The number of carbonyl (C=O) groups is 1. The first-order valence-corrected chi connectivity index (χ1v) is 7.75. The molecular formula is C16H18N6O. The Morgan fingerprint density at radius 3 is 2.87 bits per heavy atom. The zero-order valence-corrected chi connectivity index (χ0v) is 12.9. The van der Waals surface area contributed by atoms with Gasteiger partial charge < -0.3 is 9.88 Å². The third-order valence-electron chi connectivity index (χ3n) is 4.19. The molecule has 1 amide bonds. The molecule has 0 spiro atoms. The molecule has 23 heavy (non-hydrogen) atoms. The van der Waals surface area contributed by atoms with E-state index in [1.54, 1.807) is 12.4 Å². The van der Waals surface area contributed by atoms with E-state index in [2.05, 4.69) is 25.1 Å². The summed E-state index contributed by atoms with van der Waals surface area (Å²) in [5, 5.41) is 19.8. The molecule has 1 fully saturated rings. The van der Waals surface area contributed by atoms with Crippen LogP contribution in [0.1, 0.15) is 66.6 Å². The highest BCUT2D eigenvalue weighted by molar-refractivity contribution is 5.94. The van der Waals surface area contributed by atoms with E-state index in [4.69, 9.17) is 5.26 Å². The molecule has 1 aliphatic rings. The SMILES string of the molecule is C[C@@H](NC(=O)c1ccc(C#N)nc1)c1nncn1C1CCCC1. The van der Waals surface area contributed by atoms with E-state index in [0.29, 0.717) is 11.6 Å². The van der Waals surface area contributed by atoms with Gasteiger partial charge in [0.2, 0.25) is 0 Å². The molecule has 7 nitrogen and oxygen atoms in total. The van der Waals surface area contributed by atoms with Crippen LogP contribution in [0.25, 0.3) is 0 Å². The topological polar surface area (TPSA) is 96.5 Å². The highest BCUT2D eigenvalue weighted by atomic mass is 16.1. The number of hydrogen-bond acceptors (Lipinski definition) is 5. The van der Waals surface area contributed by atoms with Crippen LogP contribution in [0, 0.1) is 11.3 Å². The molecule has 7 heteroatoms. The fourth-order valence-electron chi connectivity index (χ4n) is 2.96. The summed E-state index contributed by atoms with van der Waals surface area (Å²) in [6.45, 7) is 1.89. The van der Waals surface area contributed by atoms with Gasteiger partial charge in [-0.15, -0.1) is 10.2 Å². The van der Waals surface area contributed by atoms with Crippen LogP contribution < -0.4 is 5.32 Å². The average Bonchev–Trinajstić information content (AvgIpc) is 3.25. The number of rotatable bonds is 4. The van der Waals surface area contributed by atoms with Gasteiger partial charge >= 0.3 is 0 Å². The lowest BCUT2D eigenvalue weighted by Crippen LogP contribution is -2.29. The van der Waals surface area contributed by atoms with Gasteiger partial charge in [0.25, 0.3) is 5.91 Å². The lowest BCUT2D eigenvalue weighted by Gasteiger charge is -2.18. The molecule has 2 aromatic rings. The van der Waals surface area contributed by atoms with Gasteiger partial charge in [0, 0.05) is 12.2 Å².